The second-order valence-corrected chi connectivity index (χ2v) is 9.01. The Kier molecular flexibility index (Phi) is 6.25. The summed E-state index contributed by atoms with van der Waals surface area (Å²) in [5.41, 5.74) is 3.06. The Morgan fingerprint density at radius 2 is 1.74 bits per heavy atom. The molecule has 0 unspecified atom stereocenters. The Hall–Kier alpha value is -3.74. The average Bonchev–Trinajstić information content (AvgIpc) is 3.71. The molecule has 174 valence electrons. The predicted molar refractivity (Wildman–Crippen MR) is 128 cm³/mol. The number of hydrogen-bond donors (Lipinski definition) is 0. The van der Waals surface area contributed by atoms with E-state index in [9.17, 15) is 9.59 Å². The molecule has 1 fully saturated rings. The van der Waals surface area contributed by atoms with Crippen molar-refractivity contribution < 1.29 is 14.3 Å². The van der Waals surface area contributed by atoms with Crippen LogP contribution in [0.25, 0.3) is 0 Å². The number of benzene rings is 2. The van der Waals surface area contributed by atoms with Gasteiger partial charge in [0.15, 0.2) is 0 Å². The van der Waals surface area contributed by atoms with Crippen LogP contribution in [0.5, 0.6) is 5.75 Å². The maximum absolute atomic E-state index is 13.4. The van der Waals surface area contributed by atoms with Crippen molar-refractivity contribution in [3.8, 4) is 5.75 Å². The summed E-state index contributed by atoms with van der Waals surface area (Å²) in [6, 6.07) is 15.3. The van der Waals surface area contributed by atoms with Crippen LogP contribution in [-0.2, 0) is 13.1 Å². The molecule has 1 aliphatic heterocycles. The van der Waals surface area contributed by atoms with Crippen molar-refractivity contribution in [1.29, 1.82) is 0 Å². The summed E-state index contributed by atoms with van der Waals surface area (Å²) in [7, 11) is 1.79. The maximum atomic E-state index is 13.4. The van der Waals surface area contributed by atoms with Crippen LogP contribution in [0, 0.1) is 0 Å². The maximum Gasteiger partial charge on any atom is 0.257 e. The highest BCUT2D eigenvalue weighted by Crippen LogP contribution is 2.37. The molecule has 0 N–H and O–H groups in total. The topological polar surface area (TPSA) is 75.6 Å². The van der Waals surface area contributed by atoms with Crippen molar-refractivity contribution in [2.75, 3.05) is 20.2 Å². The van der Waals surface area contributed by atoms with Gasteiger partial charge >= 0.3 is 0 Å². The summed E-state index contributed by atoms with van der Waals surface area (Å²) in [6.45, 7) is 1.84. The number of carbonyl (C=O) groups is 2. The molecule has 0 spiro atoms. The largest absolute Gasteiger partial charge is 0.493 e. The fourth-order valence-electron chi connectivity index (χ4n) is 4.24. The first kappa shape index (κ1) is 22.1. The lowest BCUT2D eigenvalue weighted by atomic mass is 10.1. The monoisotopic (exact) mass is 456 g/mol. The quantitative estimate of drug-likeness (QED) is 0.582. The van der Waals surface area contributed by atoms with Crippen molar-refractivity contribution in [2.24, 2.45) is 0 Å². The molecule has 2 bridgehead atoms. The second-order valence-electron chi connectivity index (χ2n) is 9.01. The molecule has 1 aromatic heterocycles. The van der Waals surface area contributed by atoms with E-state index in [1.165, 1.54) is 0 Å². The molecular weight excluding hydrogens is 428 g/mol. The lowest BCUT2D eigenvalue weighted by Crippen LogP contribution is -2.33. The van der Waals surface area contributed by atoms with Crippen LogP contribution >= 0.6 is 0 Å². The van der Waals surface area contributed by atoms with Crippen molar-refractivity contribution in [3.63, 3.8) is 0 Å². The zero-order valence-electron chi connectivity index (χ0n) is 19.3. The van der Waals surface area contributed by atoms with Gasteiger partial charge in [-0.3, -0.25) is 9.59 Å². The normalized spacial score (nSPS) is 16.9. The smallest absolute Gasteiger partial charge is 0.257 e. The van der Waals surface area contributed by atoms with E-state index in [4.69, 9.17) is 4.74 Å². The van der Waals surface area contributed by atoms with Crippen LogP contribution < -0.4 is 4.74 Å². The van der Waals surface area contributed by atoms with Gasteiger partial charge in [-0.15, -0.1) is 0 Å². The van der Waals surface area contributed by atoms with E-state index in [-0.39, 0.29) is 11.8 Å². The first-order valence-corrected chi connectivity index (χ1v) is 11.7. The summed E-state index contributed by atoms with van der Waals surface area (Å²) in [5.74, 6) is 1.67. The number of fused-ring (bicyclic) bond motifs is 3. The van der Waals surface area contributed by atoms with E-state index < -0.39 is 0 Å². The minimum Gasteiger partial charge on any atom is -0.493 e. The molecule has 0 saturated heterocycles. The van der Waals surface area contributed by atoms with E-state index >= 15 is 0 Å². The first-order chi connectivity index (χ1) is 16.6. The van der Waals surface area contributed by atoms with Gasteiger partial charge in [-0.1, -0.05) is 36.4 Å². The number of ether oxygens (including phenoxy) is 1. The van der Waals surface area contributed by atoms with Crippen molar-refractivity contribution in [2.45, 2.75) is 38.3 Å². The van der Waals surface area contributed by atoms with Gasteiger partial charge in [0.2, 0.25) is 0 Å². The summed E-state index contributed by atoms with van der Waals surface area (Å²) in [5, 5.41) is 0. The Morgan fingerprint density at radius 1 is 1.00 bits per heavy atom. The van der Waals surface area contributed by atoms with Gasteiger partial charge in [0.25, 0.3) is 11.8 Å². The van der Waals surface area contributed by atoms with Gasteiger partial charge in [-0.05, 0) is 42.5 Å². The van der Waals surface area contributed by atoms with Crippen molar-refractivity contribution in [1.82, 2.24) is 19.8 Å². The Balaban J connectivity index is 1.41. The van der Waals surface area contributed by atoms with Crippen LogP contribution in [0.15, 0.2) is 60.9 Å². The Bertz CT molecular complexity index is 1190. The van der Waals surface area contributed by atoms with E-state index in [0.717, 1.165) is 29.8 Å². The minimum atomic E-state index is -0.0902. The predicted octanol–water partition coefficient (Wildman–Crippen LogP) is 4.05. The number of amides is 2. The van der Waals surface area contributed by atoms with Crippen LogP contribution in [0.3, 0.4) is 0 Å². The number of para-hydroxylation sites is 1. The zero-order chi connectivity index (χ0) is 23.5. The lowest BCUT2D eigenvalue weighted by Gasteiger charge is -2.25. The molecule has 0 atom stereocenters. The highest BCUT2D eigenvalue weighted by Gasteiger charge is 2.27. The minimum absolute atomic E-state index is 0.0792. The molecule has 3 aromatic rings. The lowest BCUT2D eigenvalue weighted by molar-refractivity contribution is 0.0732. The Labute approximate surface area is 199 Å². The van der Waals surface area contributed by atoms with E-state index in [0.29, 0.717) is 55.5 Å². The molecule has 2 aromatic carbocycles. The van der Waals surface area contributed by atoms with Gasteiger partial charge in [0, 0.05) is 45.0 Å². The number of nitrogens with zero attached hydrogens (tertiary/aromatic N) is 4. The molecule has 1 saturated carbocycles. The van der Waals surface area contributed by atoms with Gasteiger partial charge < -0.3 is 14.5 Å². The highest BCUT2D eigenvalue weighted by molar-refractivity contribution is 5.96. The van der Waals surface area contributed by atoms with Gasteiger partial charge in [-0.2, -0.15) is 0 Å². The average molecular weight is 457 g/mol. The van der Waals surface area contributed by atoms with Crippen molar-refractivity contribution in [3.05, 3.63) is 89.0 Å². The standard InChI is InChI=1S/C27H28N4O3/c1-30-17-19-6-4-7-20(14-19)18-31(26(32)22-15-28-25(29-16-22)21-10-11-21)12-5-13-34-24-9-3-2-8-23(24)27(30)33/h2-4,6-9,14-16,21H,5,10-13,17-18H2,1H3. The number of rotatable bonds is 2. The number of carbonyl (C=O) groups excluding carboxylic acids is 2. The third-order valence-electron chi connectivity index (χ3n) is 6.23. The van der Waals surface area contributed by atoms with Gasteiger partial charge in [-0.25, -0.2) is 9.97 Å². The molecule has 2 amide bonds. The summed E-state index contributed by atoms with van der Waals surface area (Å²) in [4.78, 5) is 38.8. The summed E-state index contributed by atoms with van der Waals surface area (Å²) >= 11 is 0. The van der Waals surface area contributed by atoms with E-state index in [1.54, 1.807) is 30.4 Å². The molecule has 7 heteroatoms. The number of hydrogen-bond acceptors (Lipinski definition) is 5. The third kappa shape index (κ3) is 4.93. The van der Waals surface area contributed by atoms with Crippen LogP contribution in [0.1, 0.15) is 62.8 Å². The molecule has 5 rings (SSSR count). The molecule has 34 heavy (non-hydrogen) atoms. The van der Waals surface area contributed by atoms with E-state index in [1.807, 2.05) is 41.3 Å². The molecular formula is C27H28N4O3. The van der Waals surface area contributed by atoms with Crippen LogP contribution in [-0.4, -0.2) is 51.8 Å². The van der Waals surface area contributed by atoms with Crippen LogP contribution in [0.2, 0.25) is 0 Å². The fraction of sp³-hybridized carbons (Fsp3) is 0.333. The molecule has 0 radical (unpaired) electrons. The summed E-state index contributed by atoms with van der Waals surface area (Å²) in [6.07, 6.45) is 6.18. The Morgan fingerprint density at radius 3 is 2.50 bits per heavy atom. The van der Waals surface area contributed by atoms with Gasteiger partial charge in [0.05, 0.1) is 17.7 Å². The second kappa shape index (κ2) is 9.63. The molecule has 1 aliphatic carbocycles. The highest BCUT2D eigenvalue weighted by atomic mass is 16.5. The fourth-order valence-corrected chi connectivity index (χ4v) is 4.24. The molecule has 7 nitrogen and oxygen atoms in total. The van der Waals surface area contributed by atoms with Gasteiger partial charge in [0.1, 0.15) is 11.6 Å². The molecule has 2 aliphatic rings. The van der Waals surface area contributed by atoms with Crippen molar-refractivity contribution >= 4 is 11.8 Å². The van der Waals surface area contributed by atoms with Crippen LogP contribution in [0.4, 0.5) is 0 Å². The SMILES string of the molecule is CN1Cc2cccc(c2)CN(C(=O)c2cnc(C3CC3)nc2)CCCOc2ccccc2C1=O. The zero-order valence-corrected chi connectivity index (χ0v) is 19.3. The number of aromatic nitrogens is 2. The molecule has 2 heterocycles. The third-order valence-corrected chi connectivity index (χ3v) is 6.23. The van der Waals surface area contributed by atoms with E-state index in [2.05, 4.69) is 16.0 Å². The summed E-state index contributed by atoms with van der Waals surface area (Å²) < 4.78 is 5.97. The first-order valence-electron chi connectivity index (χ1n) is 11.7.